The lowest BCUT2D eigenvalue weighted by Crippen LogP contribution is -2.24. The van der Waals surface area contributed by atoms with Crippen LogP contribution >= 0.6 is 27.3 Å². The van der Waals surface area contributed by atoms with Gasteiger partial charge >= 0.3 is 0 Å². The summed E-state index contributed by atoms with van der Waals surface area (Å²) in [6.45, 7) is 2.52. The fourth-order valence-electron chi connectivity index (χ4n) is 2.59. The standard InChI is InChI=1S/C14H18BrN3OS/c15-13-2-1-11(20-13)3-5-18-9-17-7-12(18)14(16)10-4-6-19-8-10/h1-2,7,9-10,14H,3-6,8,16H2. The van der Waals surface area contributed by atoms with Crippen LogP contribution in [-0.4, -0.2) is 22.8 Å². The Morgan fingerprint density at radius 3 is 3.15 bits per heavy atom. The van der Waals surface area contributed by atoms with E-state index in [-0.39, 0.29) is 6.04 Å². The Kier molecular flexibility index (Phi) is 4.55. The van der Waals surface area contributed by atoms with Crippen LogP contribution in [0.4, 0.5) is 0 Å². The van der Waals surface area contributed by atoms with Gasteiger partial charge in [-0.15, -0.1) is 11.3 Å². The highest BCUT2D eigenvalue weighted by atomic mass is 79.9. The van der Waals surface area contributed by atoms with Crippen molar-refractivity contribution in [1.82, 2.24) is 9.55 Å². The highest BCUT2D eigenvalue weighted by molar-refractivity contribution is 9.11. The van der Waals surface area contributed by atoms with Crippen molar-refractivity contribution in [1.29, 1.82) is 0 Å². The Bertz CT molecular complexity index is 562. The molecule has 0 aromatic carbocycles. The Labute approximate surface area is 131 Å². The summed E-state index contributed by atoms with van der Waals surface area (Å²) in [6, 6.07) is 4.28. The molecule has 20 heavy (non-hydrogen) atoms. The lowest BCUT2D eigenvalue weighted by Gasteiger charge is -2.19. The number of rotatable bonds is 5. The molecule has 0 amide bonds. The Hall–Kier alpha value is -0.690. The average Bonchev–Trinajstić information content (AvgIpc) is 3.17. The number of hydrogen-bond donors (Lipinski definition) is 1. The molecular formula is C14H18BrN3OS. The van der Waals surface area contributed by atoms with E-state index in [0.717, 1.165) is 38.3 Å². The second kappa shape index (κ2) is 6.39. The molecule has 0 radical (unpaired) electrons. The summed E-state index contributed by atoms with van der Waals surface area (Å²) >= 11 is 5.28. The van der Waals surface area contributed by atoms with E-state index in [4.69, 9.17) is 10.5 Å². The van der Waals surface area contributed by atoms with E-state index < -0.39 is 0 Å². The number of aryl methyl sites for hydroxylation is 2. The zero-order valence-electron chi connectivity index (χ0n) is 11.2. The fraction of sp³-hybridized carbons (Fsp3) is 0.500. The van der Waals surface area contributed by atoms with Crippen LogP contribution in [0.5, 0.6) is 0 Å². The van der Waals surface area contributed by atoms with Gasteiger partial charge in [-0.05, 0) is 40.9 Å². The molecule has 2 atom stereocenters. The van der Waals surface area contributed by atoms with Gasteiger partial charge < -0.3 is 15.0 Å². The normalized spacial score (nSPS) is 20.4. The van der Waals surface area contributed by atoms with Crippen LogP contribution in [-0.2, 0) is 17.7 Å². The van der Waals surface area contributed by atoms with Crippen molar-refractivity contribution < 1.29 is 4.74 Å². The smallest absolute Gasteiger partial charge is 0.0948 e. The first-order valence-corrected chi connectivity index (χ1v) is 8.42. The molecule has 108 valence electrons. The van der Waals surface area contributed by atoms with Crippen LogP contribution in [0.2, 0.25) is 0 Å². The number of nitrogens with zero attached hydrogens (tertiary/aromatic N) is 2. The molecule has 0 bridgehead atoms. The molecule has 3 heterocycles. The monoisotopic (exact) mass is 355 g/mol. The predicted molar refractivity (Wildman–Crippen MR) is 83.8 cm³/mol. The predicted octanol–water partition coefficient (Wildman–Crippen LogP) is 2.99. The van der Waals surface area contributed by atoms with Crippen LogP contribution in [0.3, 0.4) is 0 Å². The molecule has 1 aliphatic rings. The zero-order chi connectivity index (χ0) is 13.9. The number of thiophene rings is 1. The maximum atomic E-state index is 6.37. The molecule has 2 N–H and O–H groups in total. The summed E-state index contributed by atoms with van der Waals surface area (Å²) in [6.07, 6.45) is 5.83. The van der Waals surface area contributed by atoms with Gasteiger partial charge in [-0.25, -0.2) is 4.98 Å². The third-order valence-electron chi connectivity index (χ3n) is 3.79. The van der Waals surface area contributed by atoms with Gasteiger partial charge in [-0.1, -0.05) is 0 Å². The molecule has 0 aliphatic carbocycles. The van der Waals surface area contributed by atoms with Crippen molar-refractivity contribution in [2.45, 2.75) is 25.4 Å². The maximum Gasteiger partial charge on any atom is 0.0948 e. The number of hydrogen-bond acceptors (Lipinski definition) is 4. The van der Waals surface area contributed by atoms with Gasteiger partial charge in [0.05, 0.1) is 28.5 Å². The summed E-state index contributed by atoms with van der Waals surface area (Å²) in [5, 5.41) is 0. The van der Waals surface area contributed by atoms with Gasteiger partial charge in [0.15, 0.2) is 0 Å². The highest BCUT2D eigenvalue weighted by Gasteiger charge is 2.26. The lowest BCUT2D eigenvalue weighted by atomic mass is 9.97. The summed E-state index contributed by atoms with van der Waals surface area (Å²) < 4.78 is 8.79. The summed E-state index contributed by atoms with van der Waals surface area (Å²) in [7, 11) is 0. The second-order valence-electron chi connectivity index (χ2n) is 5.12. The first kappa shape index (κ1) is 14.3. The highest BCUT2D eigenvalue weighted by Crippen LogP contribution is 2.27. The molecule has 2 unspecified atom stereocenters. The minimum absolute atomic E-state index is 0.0232. The molecule has 1 fully saturated rings. The van der Waals surface area contributed by atoms with Gasteiger partial charge in [-0.3, -0.25) is 0 Å². The first-order chi connectivity index (χ1) is 9.74. The lowest BCUT2D eigenvalue weighted by molar-refractivity contribution is 0.180. The van der Waals surface area contributed by atoms with Crippen LogP contribution in [0.1, 0.15) is 23.0 Å². The third-order valence-corrected chi connectivity index (χ3v) is 5.47. The molecule has 2 aromatic heterocycles. The topological polar surface area (TPSA) is 53.1 Å². The fourth-order valence-corrected chi connectivity index (χ4v) is 4.06. The number of nitrogens with two attached hydrogens (primary N) is 1. The largest absolute Gasteiger partial charge is 0.381 e. The van der Waals surface area contributed by atoms with Crippen molar-refractivity contribution >= 4 is 27.3 Å². The van der Waals surface area contributed by atoms with Crippen LogP contribution in [0.25, 0.3) is 0 Å². The van der Waals surface area contributed by atoms with E-state index in [0.29, 0.717) is 5.92 Å². The van der Waals surface area contributed by atoms with E-state index >= 15 is 0 Å². The van der Waals surface area contributed by atoms with Crippen LogP contribution in [0.15, 0.2) is 28.4 Å². The van der Waals surface area contributed by atoms with E-state index in [1.165, 1.54) is 8.66 Å². The van der Waals surface area contributed by atoms with Crippen molar-refractivity contribution in [2.75, 3.05) is 13.2 Å². The summed E-state index contributed by atoms with van der Waals surface area (Å²) in [4.78, 5) is 5.64. The summed E-state index contributed by atoms with van der Waals surface area (Å²) in [5.41, 5.74) is 7.49. The Balaban J connectivity index is 1.66. The number of ether oxygens (including phenoxy) is 1. The minimum Gasteiger partial charge on any atom is -0.381 e. The van der Waals surface area contributed by atoms with E-state index in [1.54, 1.807) is 11.3 Å². The number of imidazole rings is 1. The van der Waals surface area contributed by atoms with Gasteiger partial charge in [0, 0.05) is 30.1 Å². The molecule has 0 spiro atoms. The number of aromatic nitrogens is 2. The Morgan fingerprint density at radius 2 is 2.45 bits per heavy atom. The molecule has 4 nitrogen and oxygen atoms in total. The molecule has 2 aromatic rings. The Morgan fingerprint density at radius 1 is 1.55 bits per heavy atom. The van der Waals surface area contributed by atoms with Gasteiger partial charge in [-0.2, -0.15) is 0 Å². The molecule has 1 saturated heterocycles. The van der Waals surface area contributed by atoms with Gasteiger partial charge in [0.25, 0.3) is 0 Å². The summed E-state index contributed by atoms with van der Waals surface area (Å²) in [5.74, 6) is 0.418. The third kappa shape index (κ3) is 3.14. The van der Waals surface area contributed by atoms with Crippen LogP contribution < -0.4 is 5.73 Å². The molecule has 6 heteroatoms. The quantitative estimate of drug-likeness (QED) is 0.896. The van der Waals surface area contributed by atoms with E-state index in [9.17, 15) is 0 Å². The van der Waals surface area contributed by atoms with E-state index in [1.807, 2.05) is 12.5 Å². The van der Waals surface area contributed by atoms with Crippen LogP contribution in [0, 0.1) is 5.92 Å². The van der Waals surface area contributed by atoms with Crippen molar-refractivity contribution in [3.63, 3.8) is 0 Å². The average molecular weight is 356 g/mol. The molecule has 0 saturated carbocycles. The first-order valence-electron chi connectivity index (χ1n) is 6.81. The second-order valence-corrected chi connectivity index (χ2v) is 7.66. The van der Waals surface area contributed by atoms with E-state index in [2.05, 4.69) is 37.6 Å². The minimum atomic E-state index is 0.0232. The van der Waals surface area contributed by atoms with Gasteiger partial charge in [0.2, 0.25) is 0 Å². The maximum absolute atomic E-state index is 6.37. The van der Waals surface area contributed by atoms with Crippen molar-refractivity contribution in [2.24, 2.45) is 11.7 Å². The number of halogens is 1. The van der Waals surface area contributed by atoms with Crippen molar-refractivity contribution in [3.8, 4) is 0 Å². The SMILES string of the molecule is NC(c1cncn1CCc1ccc(Br)s1)C1CCOC1. The molecule has 1 aliphatic heterocycles. The van der Waals surface area contributed by atoms with Gasteiger partial charge in [0.1, 0.15) is 0 Å². The zero-order valence-corrected chi connectivity index (χ0v) is 13.6. The molecule has 3 rings (SSSR count). The molecular weight excluding hydrogens is 338 g/mol. The van der Waals surface area contributed by atoms with Crippen molar-refractivity contribution in [3.05, 3.63) is 39.0 Å².